The van der Waals surface area contributed by atoms with Crippen molar-refractivity contribution in [1.82, 2.24) is 25.0 Å². The second-order valence-electron chi connectivity index (χ2n) is 7.75. The first-order valence-electron chi connectivity index (χ1n) is 10.1. The Morgan fingerprint density at radius 2 is 1.83 bits per heavy atom. The third-order valence-corrected chi connectivity index (χ3v) is 5.79. The topological polar surface area (TPSA) is 86.4 Å². The van der Waals surface area contributed by atoms with Crippen molar-refractivity contribution >= 4 is 0 Å². The number of rotatable bonds is 6. The first-order chi connectivity index (χ1) is 14.5. The van der Waals surface area contributed by atoms with Crippen LogP contribution in [0.5, 0.6) is 5.75 Å². The molecular weight excluding hydrogens is 382 g/mol. The fourth-order valence-electron chi connectivity index (χ4n) is 4.22. The molecule has 1 aliphatic rings. The fraction of sp³-hybridized carbons (Fsp3) is 0.455. The van der Waals surface area contributed by atoms with Gasteiger partial charge in [0, 0.05) is 39.1 Å². The summed E-state index contributed by atoms with van der Waals surface area (Å²) in [6.45, 7) is 6.82. The molecule has 2 aromatic heterocycles. The number of aromatic nitrogens is 4. The number of benzene rings is 1. The van der Waals surface area contributed by atoms with Gasteiger partial charge < -0.3 is 14.0 Å². The van der Waals surface area contributed by atoms with Crippen molar-refractivity contribution in [2.45, 2.75) is 38.8 Å². The Bertz CT molecular complexity index is 974. The highest BCUT2D eigenvalue weighted by Crippen LogP contribution is 2.36. The standard InChI is InChI=1S/C22H27N5O3/c1-15-11-17(12-16(2)19(15)28-3)14-27-9-5-22(29-4,6-10-27)21-25-20(26-30-21)18-13-23-7-8-24-18/h7-8,11-13H,5-6,9-10,14H2,1-4H3. The average Bonchev–Trinajstić information content (AvgIpc) is 3.26. The summed E-state index contributed by atoms with van der Waals surface area (Å²) in [5, 5.41) is 4.08. The number of hydrogen-bond donors (Lipinski definition) is 0. The molecule has 158 valence electrons. The molecule has 1 aliphatic heterocycles. The van der Waals surface area contributed by atoms with Gasteiger partial charge in [-0.15, -0.1) is 0 Å². The van der Waals surface area contributed by atoms with Crippen LogP contribution in [-0.4, -0.2) is 52.3 Å². The Labute approximate surface area is 176 Å². The lowest BCUT2D eigenvalue weighted by Crippen LogP contribution is -2.43. The van der Waals surface area contributed by atoms with E-state index in [0.717, 1.165) is 49.4 Å². The van der Waals surface area contributed by atoms with Gasteiger partial charge in [0.25, 0.3) is 5.89 Å². The van der Waals surface area contributed by atoms with Crippen molar-refractivity contribution in [2.75, 3.05) is 27.3 Å². The second kappa shape index (κ2) is 8.49. The highest BCUT2D eigenvalue weighted by atomic mass is 16.5. The van der Waals surface area contributed by atoms with E-state index in [-0.39, 0.29) is 0 Å². The quantitative estimate of drug-likeness (QED) is 0.613. The molecule has 1 aromatic carbocycles. The molecule has 8 heteroatoms. The molecule has 0 atom stereocenters. The van der Waals surface area contributed by atoms with Crippen molar-refractivity contribution in [3.8, 4) is 17.3 Å². The number of hydrogen-bond acceptors (Lipinski definition) is 8. The maximum atomic E-state index is 5.91. The van der Waals surface area contributed by atoms with E-state index >= 15 is 0 Å². The van der Waals surface area contributed by atoms with E-state index in [1.807, 2.05) is 0 Å². The molecular formula is C22H27N5O3. The molecule has 0 spiro atoms. The molecule has 3 heterocycles. The predicted octanol–water partition coefficient (Wildman–Crippen LogP) is 3.29. The van der Waals surface area contributed by atoms with Gasteiger partial charge in [-0.3, -0.25) is 9.88 Å². The fourth-order valence-corrected chi connectivity index (χ4v) is 4.22. The number of likely N-dealkylation sites (tertiary alicyclic amines) is 1. The van der Waals surface area contributed by atoms with E-state index < -0.39 is 5.60 Å². The average molecular weight is 409 g/mol. The molecule has 0 aliphatic carbocycles. The minimum Gasteiger partial charge on any atom is -0.496 e. The number of piperidine rings is 1. The predicted molar refractivity (Wildman–Crippen MR) is 111 cm³/mol. The van der Waals surface area contributed by atoms with Crippen molar-refractivity contribution < 1.29 is 14.0 Å². The molecule has 30 heavy (non-hydrogen) atoms. The SMILES string of the molecule is COc1c(C)cc(CN2CCC(OC)(c3nc(-c4cnccn4)no3)CC2)cc1C. The highest BCUT2D eigenvalue weighted by molar-refractivity contribution is 5.45. The van der Waals surface area contributed by atoms with Crippen LogP contribution in [0.15, 0.2) is 35.2 Å². The Morgan fingerprint density at radius 3 is 2.43 bits per heavy atom. The zero-order valence-electron chi connectivity index (χ0n) is 17.9. The summed E-state index contributed by atoms with van der Waals surface area (Å²) in [6, 6.07) is 4.41. The van der Waals surface area contributed by atoms with Crippen molar-refractivity contribution in [3.05, 3.63) is 53.3 Å². The Morgan fingerprint density at radius 1 is 1.10 bits per heavy atom. The lowest BCUT2D eigenvalue weighted by atomic mass is 9.90. The summed E-state index contributed by atoms with van der Waals surface area (Å²) in [6.07, 6.45) is 6.40. The molecule has 8 nitrogen and oxygen atoms in total. The normalized spacial score (nSPS) is 16.5. The maximum absolute atomic E-state index is 5.91. The van der Waals surface area contributed by atoms with Gasteiger partial charge in [0.1, 0.15) is 17.0 Å². The minimum atomic E-state index is -0.574. The van der Waals surface area contributed by atoms with Crippen LogP contribution in [0.1, 0.15) is 35.4 Å². The van der Waals surface area contributed by atoms with Crippen molar-refractivity contribution in [1.29, 1.82) is 0 Å². The molecule has 0 saturated carbocycles. The van der Waals surface area contributed by atoms with Crippen LogP contribution in [0.2, 0.25) is 0 Å². The van der Waals surface area contributed by atoms with Gasteiger partial charge in [-0.1, -0.05) is 17.3 Å². The zero-order valence-corrected chi connectivity index (χ0v) is 17.9. The van der Waals surface area contributed by atoms with Crippen LogP contribution in [0.25, 0.3) is 11.5 Å². The summed E-state index contributed by atoms with van der Waals surface area (Å²) in [5.41, 5.74) is 3.63. The first-order valence-corrected chi connectivity index (χ1v) is 10.1. The number of methoxy groups -OCH3 is 2. The Kier molecular flexibility index (Phi) is 5.78. The summed E-state index contributed by atoms with van der Waals surface area (Å²) >= 11 is 0. The molecule has 0 unspecified atom stereocenters. The first kappa shape index (κ1) is 20.4. The Balaban J connectivity index is 1.45. The molecule has 0 N–H and O–H groups in total. The lowest BCUT2D eigenvalue weighted by molar-refractivity contribution is -0.0838. The molecule has 0 radical (unpaired) electrons. The van der Waals surface area contributed by atoms with Gasteiger partial charge >= 0.3 is 0 Å². The minimum absolute atomic E-state index is 0.432. The summed E-state index contributed by atoms with van der Waals surface area (Å²) < 4.78 is 17.0. The van der Waals surface area contributed by atoms with Crippen molar-refractivity contribution in [2.24, 2.45) is 0 Å². The van der Waals surface area contributed by atoms with Gasteiger partial charge in [0.15, 0.2) is 0 Å². The van der Waals surface area contributed by atoms with Gasteiger partial charge in [-0.25, -0.2) is 4.98 Å². The van der Waals surface area contributed by atoms with Gasteiger partial charge in [-0.2, -0.15) is 4.98 Å². The zero-order chi connectivity index (χ0) is 21.1. The van der Waals surface area contributed by atoms with Gasteiger partial charge in [0.2, 0.25) is 5.82 Å². The van der Waals surface area contributed by atoms with Crippen LogP contribution in [0.3, 0.4) is 0 Å². The third kappa shape index (κ3) is 3.93. The number of nitrogens with zero attached hydrogens (tertiary/aromatic N) is 5. The highest BCUT2D eigenvalue weighted by Gasteiger charge is 2.41. The van der Waals surface area contributed by atoms with Crippen LogP contribution in [0, 0.1) is 13.8 Å². The summed E-state index contributed by atoms with van der Waals surface area (Å²) in [5.74, 6) is 1.90. The maximum Gasteiger partial charge on any atom is 0.259 e. The van der Waals surface area contributed by atoms with Crippen LogP contribution >= 0.6 is 0 Å². The van der Waals surface area contributed by atoms with Gasteiger partial charge in [-0.05, 0) is 43.4 Å². The molecule has 3 aromatic rings. The summed E-state index contributed by atoms with van der Waals surface area (Å²) in [4.78, 5) is 15.3. The van der Waals surface area contributed by atoms with Crippen LogP contribution < -0.4 is 4.74 Å². The molecule has 0 bridgehead atoms. The third-order valence-electron chi connectivity index (χ3n) is 5.79. The van der Waals surface area contributed by atoms with E-state index in [1.165, 1.54) is 5.56 Å². The summed E-state index contributed by atoms with van der Waals surface area (Å²) in [7, 11) is 3.43. The van der Waals surface area contributed by atoms with E-state index in [0.29, 0.717) is 17.4 Å². The molecule has 1 fully saturated rings. The van der Waals surface area contributed by atoms with Crippen LogP contribution in [-0.2, 0) is 16.9 Å². The monoisotopic (exact) mass is 409 g/mol. The van der Waals surface area contributed by atoms with E-state index in [9.17, 15) is 0 Å². The van der Waals surface area contributed by atoms with Crippen LogP contribution in [0.4, 0.5) is 0 Å². The molecule has 4 rings (SSSR count). The van der Waals surface area contributed by atoms with E-state index in [1.54, 1.807) is 32.8 Å². The second-order valence-corrected chi connectivity index (χ2v) is 7.75. The smallest absolute Gasteiger partial charge is 0.259 e. The number of aryl methyl sites for hydroxylation is 2. The Hall–Kier alpha value is -2.84. The van der Waals surface area contributed by atoms with Gasteiger partial charge in [0.05, 0.1) is 13.3 Å². The largest absolute Gasteiger partial charge is 0.496 e. The molecule has 1 saturated heterocycles. The van der Waals surface area contributed by atoms with E-state index in [2.05, 4.69) is 51.0 Å². The molecule has 0 amide bonds. The van der Waals surface area contributed by atoms with E-state index in [4.69, 9.17) is 14.0 Å². The number of ether oxygens (including phenoxy) is 2. The lowest BCUT2D eigenvalue weighted by Gasteiger charge is -2.38. The van der Waals surface area contributed by atoms with Crippen molar-refractivity contribution in [3.63, 3.8) is 0 Å².